The molecule has 1 spiro atoms. The molecule has 1 saturated carbocycles. The van der Waals surface area contributed by atoms with Crippen molar-refractivity contribution in [1.29, 1.82) is 0 Å². The summed E-state index contributed by atoms with van der Waals surface area (Å²) in [5, 5.41) is 0. The van der Waals surface area contributed by atoms with Crippen molar-refractivity contribution in [2.75, 3.05) is 12.4 Å². The second-order valence-corrected chi connectivity index (χ2v) is 8.93. The smallest absolute Gasteiger partial charge is 0.0685 e. The van der Waals surface area contributed by atoms with E-state index in [2.05, 4.69) is 20.8 Å². The van der Waals surface area contributed by atoms with Gasteiger partial charge in [0.25, 0.3) is 0 Å². The Labute approximate surface area is 116 Å². The summed E-state index contributed by atoms with van der Waals surface area (Å²) >= 11 is 2.00. The summed E-state index contributed by atoms with van der Waals surface area (Å²) in [5.41, 5.74) is 6.65. The fraction of sp³-hybridized carbons (Fsp3) is 1.00. The minimum atomic E-state index is 0.215. The van der Waals surface area contributed by atoms with Crippen LogP contribution in [-0.2, 0) is 4.74 Å². The Balaban J connectivity index is 1.84. The van der Waals surface area contributed by atoms with Crippen molar-refractivity contribution in [3.05, 3.63) is 0 Å². The van der Waals surface area contributed by atoms with Crippen molar-refractivity contribution in [1.82, 2.24) is 0 Å². The summed E-state index contributed by atoms with van der Waals surface area (Å²) in [6.07, 6.45) is 7.59. The van der Waals surface area contributed by atoms with Gasteiger partial charge in [-0.2, -0.15) is 11.8 Å². The van der Waals surface area contributed by atoms with Crippen molar-refractivity contribution in [2.24, 2.45) is 11.7 Å². The molecule has 2 N–H and O–H groups in total. The van der Waals surface area contributed by atoms with Gasteiger partial charge in [-0.1, -0.05) is 33.6 Å². The monoisotopic (exact) mass is 271 g/mol. The predicted molar refractivity (Wildman–Crippen MR) is 80.1 cm³/mol. The summed E-state index contributed by atoms with van der Waals surface area (Å²) in [5.74, 6) is 1.76. The summed E-state index contributed by atoms with van der Waals surface area (Å²) in [4.78, 5) is 0. The number of rotatable bonds is 3. The molecule has 2 fully saturated rings. The first kappa shape index (κ1) is 14.7. The molecule has 0 radical (unpaired) electrons. The van der Waals surface area contributed by atoms with Gasteiger partial charge in [-0.25, -0.2) is 0 Å². The lowest BCUT2D eigenvalue weighted by molar-refractivity contribution is -0.0951. The van der Waals surface area contributed by atoms with E-state index in [1.54, 1.807) is 0 Å². The Kier molecular flexibility index (Phi) is 4.66. The number of ether oxygens (including phenoxy) is 1. The van der Waals surface area contributed by atoms with Gasteiger partial charge in [-0.15, -0.1) is 0 Å². The third-order valence-corrected chi connectivity index (χ3v) is 5.78. The molecule has 106 valence electrons. The third kappa shape index (κ3) is 3.88. The van der Waals surface area contributed by atoms with E-state index in [1.807, 2.05) is 11.8 Å². The second-order valence-electron chi connectivity index (χ2n) is 7.08. The van der Waals surface area contributed by atoms with Gasteiger partial charge >= 0.3 is 0 Å². The molecule has 0 aromatic rings. The molecule has 18 heavy (non-hydrogen) atoms. The van der Waals surface area contributed by atoms with Crippen LogP contribution >= 0.6 is 11.8 Å². The molecule has 2 atom stereocenters. The summed E-state index contributed by atoms with van der Waals surface area (Å²) in [7, 11) is 0. The average Bonchev–Trinajstić information content (AvgIpc) is 2.73. The summed E-state index contributed by atoms with van der Waals surface area (Å²) in [6, 6.07) is 0.343. The van der Waals surface area contributed by atoms with Crippen LogP contribution in [0.15, 0.2) is 0 Å². The van der Waals surface area contributed by atoms with Crippen LogP contribution in [0.3, 0.4) is 0 Å². The minimum Gasteiger partial charge on any atom is -0.375 e. The van der Waals surface area contributed by atoms with Crippen molar-refractivity contribution in [2.45, 2.75) is 75.7 Å². The van der Waals surface area contributed by atoms with Gasteiger partial charge in [-0.3, -0.25) is 0 Å². The lowest BCUT2D eigenvalue weighted by atomic mass is 9.81. The van der Waals surface area contributed by atoms with E-state index in [4.69, 9.17) is 10.5 Å². The highest BCUT2D eigenvalue weighted by Gasteiger charge is 2.41. The maximum absolute atomic E-state index is 6.43. The molecule has 1 saturated heterocycles. The Morgan fingerprint density at radius 2 is 2.00 bits per heavy atom. The van der Waals surface area contributed by atoms with Crippen LogP contribution in [0.25, 0.3) is 0 Å². The van der Waals surface area contributed by atoms with Gasteiger partial charge in [0.15, 0.2) is 0 Å². The zero-order chi connectivity index (χ0) is 13.2. The van der Waals surface area contributed by atoms with E-state index in [0.717, 1.165) is 18.8 Å². The second kappa shape index (κ2) is 5.72. The molecular formula is C15H29NOS. The maximum Gasteiger partial charge on any atom is 0.0685 e. The first-order valence-electron chi connectivity index (χ1n) is 7.44. The fourth-order valence-corrected chi connectivity index (χ4v) is 4.25. The molecule has 0 aromatic carbocycles. The molecule has 2 nitrogen and oxygen atoms in total. The highest BCUT2D eigenvalue weighted by molar-refractivity contribution is 8.00. The Hall–Kier alpha value is 0.270. The van der Waals surface area contributed by atoms with Crippen LogP contribution in [0, 0.1) is 5.92 Å². The highest BCUT2D eigenvalue weighted by atomic mass is 32.2. The predicted octanol–water partition coefficient (Wildman–Crippen LogP) is 3.58. The first-order chi connectivity index (χ1) is 8.40. The fourth-order valence-electron chi connectivity index (χ4n) is 3.28. The van der Waals surface area contributed by atoms with Gasteiger partial charge in [0.2, 0.25) is 0 Å². The number of hydrogen-bond acceptors (Lipinski definition) is 3. The number of thioether (sulfide) groups is 1. The molecule has 2 rings (SSSR count). The SMILES string of the molecule is CC(C)(C)SCC(N)C1CCOC2(CCCC2)C1. The van der Waals surface area contributed by atoms with Crippen LogP contribution < -0.4 is 5.73 Å². The quantitative estimate of drug-likeness (QED) is 0.852. The Morgan fingerprint density at radius 1 is 1.33 bits per heavy atom. The van der Waals surface area contributed by atoms with E-state index < -0.39 is 0 Å². The molecule has 0 aromatic heterocycles. The number of nitrogens with two attached hydrogens (primary N) is 1. The lowest BCUT2D eigenvalue weighted by Gasteiger charge is -2.40. The third-order valence-electron chi connectivity index (χ3n) is 4.36. The summed E-state index contributed by atoms with van der Waals surface area (Å²) in [6.45, 7) is 7.74. The normalized spacial score (nSPS) is 29.7. The number of hydrogen-bond donors (Lipinski definition) is 1. The molecule has 3 heteroatoms. The molecule has 2 aliphatic rings. The van der Waals surface area contributed by atoms with E-state index in [-0.39, 0.29) is 5.60 Å². The maximum atomic E-state index is 6.43. The van der Waals surface area contributed by atoms with Gasteiger partial charge in [-0.05, 0) is 31.6 Å². The van der Waals surface area contributed by atoms with Crippen molar-refractivity contribution >= 4 is 11.8 Å². The standard InChI is InChI=1S/C15H29NOS/c1-14(2,3)18-11-13(16)12-6-9-17-15(10-12)7-4-5-8-15/h12-13H,4-11,16H2,1-3H3. The highest BCUT2D eigenvalue weighted by Crippen LogP contribution is 2.43. The topological polar surface area (TPSA) is 35.2 Å². The zero-order valence-corrected chi connectivity index (χ0v) is 13.0. The average molecular weight is 271 g/mol. The molecule has 2 unspecified atom stereocenters. The van der Waals surface area contributed by atoms with E-state index >= 15 is 0 Å². The zero-order valence-electron chi connectivity index (χ0n) is 12.2. The molecule has 0 amide bonds. The molecule has 0 bridgehead atoms. The van der Waals surface area contributed by atoms with Gasteiger partial charge in [0.05, 0.1) is 5.60 Å². The van der Waals surface area contributed by atoms with Gasteiger partial charge < -0.3 is 10.5 Å². The van der Waals surface area contributed by atoms with E-state index in [9.17, 15) is 0 Å². The molecule has 1 heterocycles. The van der Waals surface area contributed by atoms with Crippen LogP contribution in [0.2, 0.25) is 0 Å². The van der Waals surface area contributed by atoms with Crippen molar-refractivity contribution < 1.29 is 4.74 Å². The van der Waals surface area contributed by atoms with Crippen molar-refractivity contribution in [3.63, 3.8) is 0 Å². The van der Waals surface area contributed by atoms with Crippen LogP contribution in [-0.4, -0.2) is 28.7 Å². The molecular weight excluding hydrogens is 242 g/mol. The van der Waals surface area contributed by atoms with E-state index in [0.29, 0.717) is 16.7 Å². The first-order valence-corrected chi connectivity index (χ1v) is 8.42. The largest absolute Gasteiger partial charge is 0.375 e. The molecule has 1 aliphatic carbocycles. The van der Waals surface area contributed by atoms with Gasteiger partial charge in [0, 0.05) is 23.1 Å². The van der Waals surface area contributed by atoms with Crippen LogP contribution in [0.1, 0.15) is 59.3 Å². The van der Waals surface area contributed by atoms with Gasteiger partial charge in [0.1, 0.15) is 0 Å². The van der Waals surface area contributed by atoms with Crippen LogP contribution in [0.5, 0.6) is 0 Å². The van der Waals surface area contributed by atoms with Crippen LogP contribution in [0.4, 0.5) is 0 Å². The van der Waals surface area contributed by atoms with E-state index in [1.165, 1.54) is 32.1 Å². The van der Waals surface area contributed by atoms with Crippen molar-refractivity contribution in [3.8, 4) is 0 Å². The molecule has 1 aliphatic heterocycles. The lowest BCUT2D eigenvalue weighted by Crippen LogP contribution is -2.45. The Morgan fingerprint density at radius 3 is 2.61 bits per heavy atom. The summed E-state index contributed by atoms with van der Waals surface area (Å²) < 4.78 is 6.42. The Bertz CT molecular complexity index is 268. The minimum absolute atomic E-state index is 0.215.